The molecule has 1 saturated heterocycles. The van der Waals surface area contributed by atoms with Gasteiger partial charge in [-0.05, 0) is 12.8 Å². The summed E-state index contributed by atoms with van der Waals surface area (Å²) in [4.78, 5) is 25.6. The lowest BCUT2D eigenvalue weighted by molar-refractivity contribution is -0.111. The number of Topliss-reactive ketones (excluding diaryl/α,β-unsaturated/α-hetero) is 1. The molecule has 0 unspecified atom stereocenters. The number of amidine groups is 1. The number of nitrogens with zero attached hydrogens (tertiary/aromatic N) is 2. The van der Waals surface area contributed by atoms with Gasteiger partial charge in [-0.25, -0.2) is 0 Å². The van der Waals surface area contributed by atoms with E-state index in [1.165, 1.54) is 6.08 Å². The molecule has 1 aromatic rings. The van der Waals surface area contributed by atoms with Crippen molar-refractivity contribution in [3.8, 4) is 0 Å². The van der Waals surface area contributed by atoms with Gasteiger partial charge in [0.25, 0.3) is 0 Å². The van der Waals surface area contributed by atoms with Crippen LogP contribution in [-0.4, -0.2) is 34.1 Å². The summed E-state index contributed by atoms with van der Waals surface area (Å²) in [6, 6.07) is 7.04. The fourth-order valence-electron chi connectivity index (χ4n) is 2.71. The molecule has 5 heteroatoms. The molecule has 20 heavy (non-hydrogen) atoms. The maximum Gasteiger partial charge on any atom is 0.233 e. The van der Waals surface area contributed by atoms with Crippen LogP contribution in [0.15, 0.2) is 35.5 Å². The number of allylic oxidation sites excluding steroid dienone is 1. The lowest BCUT2D eigenvalue weighted by Crippen LogP contribution is -2.36. The van der Waals surface area contributed by atoms with E-state index in [9.17, 15) is 9.59 Å². The van der Waals surface area contributed by atoms with E-state index < -0.39 is 11.6 Å². The smallest absolute Gasteiger partial charge is 0.233 e. The van der Waals surface area contributed by atoms with Gasteiger partial charge in [0.1, 0.15) is 5.84 Å². The van der Waals surface area contributed by atoms with E-state index in [4.69, 9.17) is 5.21 Å². The SMILES string of the molecule is O=C1C=C(N2CCCC/C2=N\O)c2ccccc2C1=O. The average molecular weight is 270 g/mol. The fraction of sp³-hybridized carbons (Fsp3) is 0.267. The molecule has 1 fully saturated rings. The molecule has 5 nitrogen and oxygen atoms in total. The minimum absolute atomic E-state index is 0.415. The van der Waals surface area contributed by atoms with Crippen molar-refractivity contribution in [1.82, 2.24) is 4.90 Å². The quantitative estimate of drug-likeness (QED) is 0.482. The Balaban J connectivity index is 2.11. The normalized spacial score (nSPS) is 20.9. The van der Waals surface area contributed by atoms with Gasteiger partial charge in [-0.1, -0.05) is 29.4 Å². The summed E-state index contributed by atoms with van der Waals surface area (Å²) in [7, 11) is 0. The van der Waals surface area contributed by atoms with Crippen molar-refractivity contribution in [2.75, 3.05) is 6.54 Å². The third-order valence-corrected chi connectivity index (χ3v) is 3.69. The van der Waals surface area contributed by atoms with Crippen molar-refractivity contribution in [1.29, 1.82) is 0 Å². The van der Waals surface area contributed by atoms with E-state index in [1.807, 2.05) is 17.0 Å². The second-order valence-corrected chi connectivity index (χ2v) is 4.89. The van der Waals surface area contributed by atoms with Gasteiger partial charge in [0, 0.05) is 30.2 Å². The lowest BCUT2D eigenvalue weighted by Gasteiger charge is -2.33. The third kappa shape index (κ3) is 1.91. The number of hydrogen-bond acceptors (Lipinski definition) is 4. The Morgan fingerprint density at radius 2 is 1.85 bits per heavy atom. The first-order valence-corrected chi connectivity index (χ1v) is 6.60. The van der Waals surface area contributed by atoms with Gasteiger partial charge < -0.3 is 10.1 Å². The summed E-state index contributed by atoms with van der Waals surface area (Å²) in [5, 5.41) is 12.5. The van der Waals surface area contributed by atoms with Crippen LogP contribution in [0.3, 0.4) is 0 Å². The van der Waals surface area contributed by atoms with Crippen molar-refractivity contribution in [2.45, 2.75) is 19.3 Å². The van der Waals surface area contributed by atoms with Crippen LogP contribution in [0.5, 0.6) is 0 Å². The number of hydrogen-bond donors (Lipinski definition) is 1. The molecule has 0 atom stereocenters. The van der Waals surface area contributed by atoms with Gasteiger partial charge >= 0.3 is 0 Å². The van der Waals surface area contributed by atoms with Crippen LogP contribution < -0.4 is 0 Å². The number of fused-ring (bicyclic) bond motifs is 1. The van der Waals surface area contributed by atoms with Crippen LogP contribution in [0, 0.1) is 0 Å². The molecule has 2 aliphatic rings. The first kappa shape index (κ1) is 12.6. The molecule has 0 bridgehead atoms. The van der Waals surface area contributed by atoms with Gasteiger partial charge in [0.2, 0.25) is 11.6 Å². The van der Waals surface area contributed by atoms with Crippen molar-refractivity contribution in [2.24, 2.45) is 5.16 Å². The highest BCUT2D eigenvalue weighted by molar-refractivity contribution is 6.50. The first-order chi connectivity index (χ1) is 9.72. The maximum atomic E-state index is 11.9. The number of piperidine rings is 1. The first-order valence-electron chi connectivity index (χ1n) is 6.60. The fourth-order valence-corrected chi connectivity index (χ4v) is 2.71. The van der Waals surface area contributed by atoms with E-state index in [0.717, 1.165) is 18.4 Å². The number of carbonyl (C=O) groups is 2. The molecular weight excluding hydrogens is 256 g/mol. The number of likely N-dealkylation sites (tertiary alicyclic amines) is 1. The Morgan fingerprint density at radius 1 is 1.10 bits per heavy atom. The molecule has 102 valence electrons. The van der Waals surface area contributed by atoms with Crippen LogP contribution in [-0.2, 0) is 4.79 Å². The van der Waals surface area contributed by atoms with Crippen LogP contribution in [0.2, 0.25) is 0 Å². The Morgan fingerprint density at radius 3 is 2.60 bits per heavy atom. The second-order valence-electron chi connectivity index (χ2n) is 4.89. The second kappa shape index (κ2) is 4.92. The zero-order chi connectivity index (χ0) is 14.1. The van der Waals surface area contributed by atoms with E-state index >= 15 is 0 Å². The van der Waals surface area contributed by atoms with Crippen molar-refractivity contribution in [3.05, 3.63) is 41.5 Å². The summed E-state index contributed by atoms with van der Waals surface area (Å²) >= 11 is 0. The molecule has 1 aliphatic heterocycles. The average Bonchev–Trinajstić information content (AvgIpc) is 2.51. The minimum atomic E-state index is -0.526. The van der Waals surface area contributed by atoms with E-state index in [2.05, 4.69) is 5.16 Å². The zero-order valence-electron chi connectivity index (χ0n) is 10.9. The Labute approximate surface area is 116 Å². The maximum absolute atomic E-state index is 11.9. The molecule has 0 saturated carbocycles. The predicted molar refractivity (Wildman–Crippen MR) is 73.5 cm³/mol. The van der Waals surface area contributed by atoms with Gasteiger partial charge in [-0.3, -0.25) is 9.59 Å². The van der Waals surface area contributed by atoms with Crippen LogP contribution in [0.25, 0.3) is 5.70 Å². The third-order valence-electron chi connectivity index (χ3n) is 3.69. The van der Waals surface area contributed by atoms with Gasteiger partial charge in [0.15, 0.2) is 0 Å². The molecule has 1 aliphatic carbocycles. The Hall–Kier alpha value is -2.43. The van der Waals surface area contributed by atoms with Crippen LogP contribution in [0.1, 0.15) is 35.2 Å². The topological polar surface area (TPSA) is 70.0 Å². The van der Waals surface area contributed by atoms with Crippen molar-refractivity contribution < 1.29 is 14.8 Å². The summed E-state index contributed by atoms with van der Waals surface area (Å²) in [5.41, 5.74) is 1.79. The molecule has 0 aromatic heterocycles. The van der Waals surface area contributed by atoms with Gasteiger partial charge in [0.05, 0.1) is 5.70 Å². The molecular formula is C15H14N2O3. The van der Waals surface area contributed by atoms with E-state index in [0.29, 0.717) is 30.1 Å². The van der Waals surface area contributed by atoms with Gasteiger partial charge in [-0.15, -0.1) is 0 Å². The van der Waals surface area contributed by atoms with Crippen molar-refractivity contribution >= 4 is 23.1 Å². The highest BCUT2D eigenvalue weighted by Gasteiger charge is 2.30. The summed E-state index contributed by atoms with van der Waals surface area (Å²) in [5.74, 6) is -0.468. The zero-order valence-corrected chi connectivity index (χ0v) is 10.9. The molecule has 0 amide bonds. The van der Waals surface area contributed by atoms with Crippen molar-refractivity contribution in [3.63, 3.8) is 0 Å². The summed E-state index contributed by atoms with van der Waals surface area (Å²) in [6.07, 6.45) is 3.93. The standard InChI is InChI=1S/C15H14N2O3/c18-13-9-12(17-8-4-3-7-14(17)16-20)10-5-1-2-6-11(10)15(13)19/h1-2,5-6,9,20H,3-4,7-8H2/b16-14+. The molecule has 1 heterocycles. The van der Waals surface area contributed by atoms with Gasteiger partial charge in [-0.2, -0.15) is 0 Å². The highest BCUT2D eigenvalue weighted by Crippen LogP contribution is 2.30. The molecule has 0 spiro atoms. The number of carbonyl (C=O) groups excluding carboxylic acids is 2. The number of oxime groups is 1. The van der Waals surface area contributed by atoms with Crippen LogP contribution in [0.4, 0.5) is 0 Å². The summed E-state index contributed by atoms with van der Waals surface area (Å²) < 4.78 is 0. The molecule has 1 aromatic carbocycles. The monoisotopic (exact) mass is 270 g/mol. The van der Waals surface area contributed by atoms with Crippen LogP contribution >= 0.6 is 0 Å². The molecule has 0 radical (unpaired) electrons. The highest BCUT2D eigenvalue weighted by atomic mass is 16.4. The Bertz CT molecular complexity index is 646. The largest absolute Gasteiger partial charge is 0.409 e. The summed E-state index contributed by atoms with van der Waals surface area (Å²) in [6.45, 7) is 0.682. The number of benzene rings is 1. The van der Waals surface area contributed by atoms with E-state index in [-0.39, 0.29) is 0 Å². The minimum Gasteiger partial charge on any atom is -0.409 e. The van der Waals surface area contributed by atoms with E-state index in [1.54, 1.807) is 12.1 Å². The molecule has 3 rings (SSSR count). The Kier molecular flexibility index (Phi) is 3.10. The number of rotatable bonds is 1. The lowest BCUT2D eigenvalue weighted by atomic mass is 9.91. The predicted octanol–water partition coefficient (Wildman–Crippen LogP) is 2.07. The molecule has 1 N–H and O–H groups in total. The number of ketones is 2.